The number of aromatic nitrogens is 3. The number of likely N-dealkylation sites (N-methyl/N-ethyl adjacent to an activating group) is 1. The lowest BCUT2D eigenvalue weighted by Crippen LogP contribution is -2.44. The maximum atomic E-state index is 4.77. The molecule has 0 atom stereocenters. The van der Waals surface area contributed by atoms with Crippen LogP contribution in [0.1, 0.15) is 0 Å². The SMILES string of the molecule is CN1CCN(c2ncc(-c3ccccc3)c3cnncc23)CC1. The normalized spacial score (nSPS) is 16.0. The monoisotopic (exact) mass is 305 g/mol. The van der Waals surface area contributed by atoms with Gasteiger partial charge in [-0.1, -0.05) is 30.3 Å². The second kappa shape index (κ2) is 5.93. The van der Waals surface area contributed by atoms with Crippen molar-refractivity contribution in [3.8, 4) is 11.1 Å². The minimum Gasteiger partial charge on any atom is -0.353 e. The van der Waals surface area contributed by atoms with Gasteiger partial charge in [-0.15, -0.1) is 0 Å². The minimum absolute atomic E-state index is 0.992. The largest absolute Gasteiger partial charge is 0.353 e. The number of anilines is 1. The van der Waals surface area contributed by atoms with Crippen LogP contribution in [0.15, 0.2) is 48.9 Å². The summed E-state index contributed by atoms with van der Waals surface area (Å²) < 4.78 is 0. The van der Waals surface area contributed by atoms with E-state index in [4.69, 9.17) is 4.98 Å². The molecule has 0 radical (unpaired) electrons. The number of nitrogens with zero attached hydrogens (tertiary/aromatic N) is 5. The molecule has 1 saturated heterocycles. The molecule has 0 aliphatic carbocycles. The van der Waals surface area contributed by atoms with E-state index >= 15 is 0 Å². The highest BCUT2D eigenvalue weighted by Crippen LogP contribution is 2.32. The Morgan fingerprint density at radius 1 is 0.826 bits per heavy atom. The van der Waals surface area contributed by atoms with Gasteiger partial charge in [0, 0.05) is 48.7 Å². The van der Waals surface area contributed by atoms with Gasteiger partial charge < -0.3 is 9.80 Å². The quantitative estimate of drug-likeness (QED) is 0.727. The van der Waals surface area contributed by atoms with Crippen LogP contribution in [0.5, 0.6) is 0 Å². The van der Waals surface area contributed by atoms with Crippen LogP contribution in [0.4, 0.5) is 5.82 Å². The Morgan fingerprint density at radius 2 is 1.52 bits per heavy atom. The molecule has 23 heavy (non-hydrogen) atoms. The molecule has 0 amide bonds. The van der Waals surface area contributed by atoms with Crippen molar-refractivity contribution in [3.63, 3.8) is 0 Å². The summed E-state index contributed by atoms with van der Waals surface area (Å²) in [7, 11) is 2.16. The molecule has 0 bridgehead atoms. The third-order valence-corrected chi connectivity index (χ3v) is 4.47. The number of benzene rings is 1. The average Bonchev–Trinajstić information content (AvgIpc) is 2.62. The van der Waals surface area contributed by atoms with Gasteiger partial charge in [0.1, 0.15) is 5.82 Å². The van der Waals surface area contributed by atoms with Crippen LogP contribution < -0.4 is 4.90 Å². The number of pyridine rings is 1. The van der Waals surface area contributed by atoms with Crippen molar-refractivity contribution in [1.29, 1.82) is 0 Å². The van der Waals surface area contributed by atoms with E-state index in [9.17, 15) is 0 Å². The van der Waals surface area contributed by atoms with Crippen LogP contribution in [0.25, 0.3) is 21.9 Å². The van der Waals surface area contributed by atoms with Crippen LogP contribution >= 0.6 is 0 Å². The smallest absolute Gasteiger partial charge is 0.138 e. The zero-order chi connectivity index (χ0) is 15.6. The molecule has 1 aliphatic heterocycles. The molecule has 116 valence electrons. The maximum Gasteiger partial charge on any atom is 0.138 e. The summed E-state index contributed by atoms with van der Waals surface area (Å²) in [5.41, 5.74) is 2.26. The summed E-state index contributed by atoms with van der Waals surface area (Å²) in [5, 5.41) is 10.4. The van der Waals surface area contributed by atoms with Crippen LogP contribution in [-0.2, 0) is 0 Å². The topological polar surface area (TPSA) is 45.2 Å². The van der Waals surface area contributed by atoms with Gasteiger partial charge in [-0.2, -0.15) is 10.2 Å². The van der Waals surface area contributed by atoms with Gasteiger partial charge in [0.2, 0.25) is 0 Å². The van der Waals surface area contributed by atoms with Crippen molar-refractivity contribution in [2.75, 3.05) is 38.1 Å². The van der Waals surface area contributed by atoms with Gasteiger partial charge >= 0.3 is 0 Å². The molecule has 1 aromatic carbocycles. The predicted molar refractivity (Wildman–Crippen MR) is 92.5 cm³/mol. The van der Waals surface area contributed by atoms with E-state index in [0.29, 0.717) is 0 Å². The Kier molecular flexibility index (Phi) is 3.63. The molecule has 5 heteroatoms. The Bertz CT molecular complexity index is 810. The molecule has 1 fully saturated rings. The van der Waals surface area contributed by atoms with Crippen molar-refractivity contribution in [2.24, 2.45) is 0 Å². The van der Waals surface area contributed by atoms with E-state index in [2.05, 4.69) is 39.2 Å². The summed E-state index contributed by atoms with van der Waals surface area (Å²) in [4.78, 5) is 9.46. The highest BCUT2D eigenvalue weighted by molar-refractivity contribution is 6.01. The average molecular weight is 305 g/mol. The molecule has 4 rings (SSSR count). The molecule has 0 saturated carbocycles. The second-order valence-electron chi connectivity index (χ2n) is 5.97. The minimum atomic E-state index is 0.992. The molecule has 0 N–H and O–H groups in total. The molecule has 5 nitrogen and oxygen atoms in total. The number of rotatable bonds is 2. The Balaban J connectivity index is 1.83. The summed E-state index contributed by atoms with van der Waals surface area (Å²) in [5.74, 6) is 1.02. The molecule has 3 aromatic rings. The first-order chi connectivity index (χ1) is 11.3. The van der Waals surface area contributed by atoms with Gasteiger partial charge in [-0.3, -0.25) is 0 Å². The molecular formula is C18H19N5. The fraction of sp³-hybridized carbons (Fsp3) is 0.278. The number of hydrogen-bond acceptors (Lipinski definition) is 5. The van der Waals surface area contributed by atoms with E-state index in [0.717, 1.165) is 53.9 Å². The van der Waals surface area contributed by atoms with Crippen molar-refractivity contribution in [1.82, 2.24) is 20.1 Å². The van der Waals surface area contributed by atoms with Crippen molar-refractivity contribution < 1.29 is 0 Å². The molecule has 3 heterocycles. The molecule has 0 unspecified atom stereocenters. The van der Waals surface area contributed by atoms with E-state index in [-0.39, 0.29) is 0 Å². The van der Waals surface area contributed by atoms with Crippen LogP contribution in [0.2, 0.25) is 0 Å². The van der Waals surface area contributed by atoms with Gasteiger partial charge in [0.15, 0.2) is 0 Å². The third-order valence-electron chi connectivity index (χ3n) is 4.47. The molecule has 2 aromatic heterocycles. The summed E-state index contributed by atoms with van der Waals surface area (Å²) in [6, 6.07) is 10.3. The first kappa shape index (κ1) is 14.1. The van der Waals surface area contributed by atoms with Crippen molar-refractivity contribution in [2.45, 2.75) is 0 Å². The molecular weight excluding hydrogens is 286 g/mol. The highest BCUT2D eigenvalue weighted by atomic mass is 15.3. The van der Waals surface area contributed by atoms with Gasteiger partial charge in [-0.25, -0.2) is 4.98 Å². The number of piperazine rings is 1. The summed E-state index contributed by atoms with van der Waals surface area (Å²) >= 11 is 0. The van der Waals surface area contributed by atoms with Crippen molar-refractivity contribution in [3.05, 3.63) is 48.9 Å². The first-order valence-electron chi connectivity index (χ1n) is 7.91. The summed E-state index contributed by atoms with van der Waals surface area (Å²) in [6.07, 6.45) is 5.65. The second-order valence-corrected chi connectivity index (χ2v) is 5.97. The highest BCUT2D eigenvalue weighted by Gasteiger charge is 2.19. The number of fused-ring (bicyclic) bond motifs is 1. The Labute approximate surface area is 135 Å². The van der Waals surface area contributed by atoms with Gasteiger partial charge in [-0.05, 0) is 12.6 Å². The first-order valence-corrected chi connectivity index (χ1v) is 7.91. The van der Waals surface area contributed by atoms with E-state index in [1.165, 1.54) is 0 Å². The van der Waals surface area contributed by atoms with E-state index in [1.54, 1.807) is 0 Å². The standard InChI is InChI=1S/C18H19N5/c1-22-7-9-23(10-8-22)18-17-13-21-20-12-16(17)15(11-19-18)14-5-3-2-4-6-14/h2-6,11-13H,7-10H2,1H3. The fourth-order valence-electron chi connectivity index (χ4n) is 3.10. The summed E-state index contributed by atoms with van der Waals surface area (Å²) in [6.45, 7) is 4.10. The predicted octanol–water partition coefficient (Wildman–Crippen LogP) is 2.44. The van der Waals surface area contributed by atoms with E-state index < -0.39 is 0 Å². The lowest BCUT2D eigenvalue weighted by molar-refractivity contribution is 0.312. The molecule has 0 spiro atoms. The number of hydrogen-bond donors (Lipinski definition) is 0. The van der Waals surface area contributed by atoms with Crippen LogP contribution in [-0.4, -0.2) is 53.3 Å². The van der Waals surface area contributed by atoms with Crippen LogP contribution in [0, 0.1) is 0 Å². The lowest BCUT2D eigenvalue weighted by atomic mass is 10.0. The molecule has 1 aliphatic rings. The van der Waals surface area contributed by atoms with Gasteiger partial charge in [0.05, 0.1) is 12.4 Å². The zero-order valence-corrected chi connectivity index (χ0v) is 13.2. The lowest BCUT2D eigenvalue weighted by Gasteiger charge is -2.33. The van der Waals surface area contributed by atoms with E-state index in [1.807, 2.05) is 36.8 Å². The van der Waals surface area contributed by atoms with Gasteiger partial charge in [0.25, 0.3) is 0 Å². The van der Waals surface area contributed by atoms with Crippen molar-refractivity contribution >= 4 is 16.6 Å². The third kappa shape index (κ3) is 2.64. The fourth-order valence-corrected chi connectivity index (χ4v) is 3.10. The zero-order valence-electron chi connectivity index (χ0n) is 13.2. The maximum absolute atomic E-state index is 4.77. The Morgan fingerprint density at radius 3 is 2.26 bits per heavy atom. The Hall–Kier alpha value is -2.53. The van der Waals surface area contributed by atoms with Crippen LogP contribution in [0.3, 0.4) is 0 Å².